The van der Waals surface area contributed by atoms with Gasteiger partial charge >= 0.3 is 0 Å². The molecule has 2 aromatic rings. The Morgan fingerprint density at radius 2 is 1.84 bits per heavy atom. The summed E-state index contributed by atoms with van der Waals surface area (Å²) in [5.41, 5.74) is 2.06. The highest BCUT2D eigenvalue weighted by atomic mass is 35.5. The van der Waals surface area contributed by atoms with Crippen molar-refractivity contribution in [3.8, 4) is 5.75 Å². The molecule has 2 N–H and O–H groups in total. The first kappa shape index (κ1) is 13.9. The SMILES string of the molecule is CC(CNCc1c(O)cccc1Cl)c1ccccc1. The Hall–Kier alpha value is -1.51. The average molecular weight is 276 g/mol. The molecule has 2 rings (SSSR count). The number of phenols is 1. The van der Waals surface area contributed by atoms with Crippen molar-refractivity contribution in [2.75, 3.05) is 6.54 Å². The van der Waals surface area contributed by atoms with Crippen LogP contribution >= 0.6 is 11.6 Å². The highest BCUT2D eigenvalue weighted by molar-refractivity contribution is 6.31. The van der Waals surface area contributed by atoms with Gasteiger partial charge in [-0.1, -0.05) is 54.9 Å². The zero-order chi connectivity index (χ0) is 13.7. The third-order valence-corrected chi connectivity index (χ3v) is 3.57. The van der Waals surface area contributed by atoms with Crippen LogP contribution < -0.4 is 5.32 Å². The molecule has 100 valence electrons. The first-order valence-corrected chi connectivity index (χ1v) is 6.78. The molecule has 0 bridgehead atoms. The summed E-state index contributed by atoms with van der Waals surface area (Å²) >= 11 is 6.06. The Labute approximate surface area is 119 Å². The van der Waals surface area contributed by atoms with Crippen molar-refractivity contribution in [1.82, 2.24) is 5.32 Å². The topological polar surface area (TPSA) is 32.3 Å². The van der Waals surface area contributed by atoms with Gasteiger partial charge in [-0.25, -0.2) is 0 Å². The van der Waals surface area contributed by atoms with E-state index in [-0.39, 0.29) is 5.75 Å². The van der Waals surface area contributed by atoms with Crippen molar-refractivity contribution >= 4 is 11.6 Å². The molecule has 0 saturated heterocycles. The second-order valence-corrected chi connectivity index (χ2v) is 5.09. The molecule has 0 heterocycles. The van der Waals surface area contributed by atoms with Gasteiger partial charge in [-0.2, -0.15) is 0 Å². The zero-order valence-electron chi connectivity index (χ0n) is 10.9. The number of phenolic OH excluding ortho intramolecular Hbond substituents is 1. The van der Waals surface area contributed by atoms with Crippen LogP contribution in [0.15, 0.2) is 48.5 Å². The molecule has 0 aliphatic heterocycles. The summed E-state index contributed by atoms with van der Waals surface area (Å²) in [6, 6.07) is 15.6. The summed E-state index contributed by atoms with van der Waals surface area (Å²) in [5, 5.41) is 13.7. The van der Waals surface area contributed by atoms with Crippen LogP contribution in [0.5, 0.6) is 5.75 Å². The summed E-state index contributed by atoms with van der Waals surface area (Å²) in [6.07, 6.45) is 0. The van der Waals surface area contributed by atoms with Crippen LogP contribution in [0.25, 0.3) is 0 Å². The fraction of sp³-hybridized carbons (Fsp3) is 0.250. The van der Waals surface area contributed by atoms with Crippen molar-refractivity contribution in [2.24, 2.45) is 0 Å². The van der Waals surface area contributed by atoms with Gasteiger partial charge in [-0.05, 0) is 23.6 Å². The molecule has 1 atom stereocenters. The van der Waals surface area contributed by atoms with Crippen LogP contribution in [0.4, 0.5) is 0 Å². The summed E-state index contributed by atoms with van der Waals surface area (Å²) in [4.78, 5) is 0. The molecule has 0 saturated carbocycles. The molecule has 1 unspecified atom stereocenters. The summed E-state index contributed by atoms with van der Waals surface area (Å²) < 4.78 is 0. The normalized spacial score (nSPS) is 12.3. The fourth-order valence-corrected chi connectivity index (χ4v) is 2.27. The van der Waals surface area contributed by atoms with Gasteiger partial charge in [0, 0.05) is 23.7 Å². The monoisotopic (exact) mass is 275 g/mol. The van der Waals surface area contributed by atoms with Crippen LogP contribution in [0.1, 0.15) is 24.0 Å². The average Bonchev–Trinajstić information content (AvgIpc) is 2.43. The molecule has 0 fully saturated rings. The van der Waals surface area contributed by atoms with Crippen molar-refractivity contribution in [3.63, 3.8) is 0 Å². The lowest BCUT2D eigenvalue weighted by atomic mass is 10.0. The molecule has 3 heteroatoms. The number of hydrogen-bond acceptors (Lipinski definition) is 2. The van der Waals surface area contributed by atoms with Crippen LogP contribution in [-0.4, -0.2) is 11.7 Å². The summed E-state index contributed by atoms with van der Waals surface area (Å²) in [6.45, 7) is 3.59. The third-order valence-electron chi connectivity index (χ3n) is 3.22. The van der Waals surface area contributed by atoms with Gasteiger partial charge in [0.15, 0.2) is 0 Å². The maximum absolute atomic E-state index is 9.75. The molecule has 0 aliphatic rings. The van der Waals surface area contributed by atoms with Gasteiger partial charge < -0.3 is 10.4 Å². The van der Waals surface area contributed by atoms with Gasteiger partial charge in [0.2, 0.25) is 0 Å². The Bertz CT molecular complexity index is 507. The fourth-order valence-electron chi connectivity index (χ4n) is 2.04. The van der Waals surface area contributed by atoms with Crippen LogP contribution in [0, 0.1) is 0 Å². The largest absolute Gasteiger partial charge is 0.508 e. The van der Waals surface area contributed by atoms with E-state index in [0.29, 0.717) is 17.5 Å². The highest BCUT2D eigenvalue weighted by Gasteiger charge is 2.08. The van der Waals surface area contributed by atoms with Crippen molar-refractivity contribution in [2.45, 2.75) is 19.4 Å². The third kappa shape index (κ3) is 3.72. The molecule has 0 amide bonds. The Kier molecular flexibility index (Phi) is 4.83. The zero-order valence-corrected chi connectivity index (χ0v) is 11.7. The minimum Gasteiger partial charge on any atom is -0.508 e. The number of halogens is 1. The second-order valence-electron chi connectivity index (χ2n) is 4.68. The standard InChI is InChI=1S/C16H18ClNO/c1-12(13-6-3-2-4-7-13)10-18-11-14-15(17)8-5-9-16(14)19/h2-9,12,18-19H,10-11H2,1H3. The number of hydrogen-bond donors (Lipinski definition) is 2. The van der Waals surface area contributed by atoms with Crippen LogP contribution in [-0.2, 0) is 6.54 Å². The van der Waals surface area contributed by atoms with Crippen LogP contribution in [0.2, 0.25) is 5.02 Å². The molecule has 0 aliphatic carbocycles. The predicted octanol–water partition coefficient (Wildman–Crippen LogP) is 3.94. The van der Waals surface area contributed by atoms with E-state index >= 15 is 0 Å². The number of benzene rings is 2. The highest BCUT2D eigenvalue weighted by Crippen LogP contribution is 2.25. The lowest BCUT2D eigenvalue weighted by Crippen LogP contribution is -2.19. The molecule has 19 heavy (non-hydrogen) atoms. The van der Waals surface area contributed by atoms with Gasteiger partial charge in [0.1, 0.15) is 5.75 Å². The molecule has 2 nitrogen and oxygen atoms in total. The van der Waals surface area contributed by atoms with E-state index in [1.54, 1.807) is 18.2 Å². The van der Waals surface area contributed by atoms with E-state index in [1.165, 1.54) is 5.56 Å². The number of rotatable bonds is 5. The molecule has 0 spiro atoms. The maximum atomic E-state index is 9.75. The minimum absolute atomic E-state index is 0.243. The van der Waals surface area contributed by atoms with Crippen molar-refractivity contribution < 1.29 is 5.11 Å². The summed E-state index contributed by atoms with van der Waals surface area (Å²) in [7, 11) is 0. The van der Waals surface area contributed by atoms with E-state index in [2.05, 4.69) is 24.4 Å². The van der Waals surface area contributed by atoms with E-state index < -0.39 is 0 Å². The van der Waals surface area contributed by atoms with Gasteiger partial charge in [0.05, 0.1) is 0 Å². The van der Waals surface area contributed by atoms with Gasteiger partial charge in [0.25, 0.3) is 0 Å². The number of nitrogens with one attached hydrogen (secondary N) is 1. The van der Waals surface area contributed by atoms with Crippen molar-refractivity contribution in [1.29, 1.82) is 0 Å². The first-order chi connectivity index (χ1) is 9.18. The first-order valence-electron chi connectivity index (χ1n) is 6.40. The smallest absolute Gasteiger partial charge is 0.121 e. The van der Waals surface area contributed by atoms with E-state index in [0.717, 1.165) is 12.1 Å². The minimum atomic E-state index is 0.243. The van der Waals surface area contributed by atoms with Crippen LogP contribution in [0.3, 0.4) is 0 Å². The quantitative estimate of drug-likeness (QED) is 0.866. The van der Waals surface area contributed by atoms with Crippen molar-refractivity contribution in [3.05, 3.63) is 64.7 Å². The van der Waals surface area contributed by atoms with Gasteiger partial charge in [-0.15, -0.1) is 0 Å². The molecule has 2 aromatic carbocycles. The Morgan fingerprint density at radius 1 is 1.11 bits per heavy atom. The lowest BCUT2D eigenvalue weighted by Gasteiger charge is -2.14. The molecule has 0 radical (unpaired) electrons. The van der Waals surface area contributed by atoms with E-state index in [4.69, 9.17) is 11.6 Å². The van der Waals surface area contributed by atoms with Gasteiger partial charge in [-0.3, -0.25) is 0 Å². The predicted molar refractivity (Wildman–Crippen MR) is 79.7 cm³/mol. The van der Waals surface area contributed by atoms with E-state index in [1.807, 2.05) is 18.2 Å². The second kappa shape index (κ2) is 6.60. The summed E-state index contributed by atoms with van der Waals surface area (Å²) in [5.74, 6) is 0.665. The Balaban J connectivity index is 1.90. The molecular formula is C16H18ClNO. The maximum Gasteiger partial charge on any atom is 0.121 e. The Morgan fingerprint density at radius 3 is 2.53 bits per heavy atom. The molecule has 0 aromatic heterocycles. The number of aromatic hydroxyl groups is 1. The molecular weight excluding hydrogens is 258 g/mol. The lowest BCUT2D eigenvalue weighted by molar-refractivity contribution is 0.463. The van der Waals surface area contributed by atoms with E-state index in [9.17, 15) is 5.11 Å².